The number of likely N-dealkylation sites (tertiary alicyclic amines) is 1. The number of carbonyl (C=O) groups is 1. The van der Waals surface area contributed by atoms with E-state index in [0.29, 0.717) is 0 Å². The predicted octanol–water partition coefficient (Wildman–Crippen LogP) is 2.04. The lowest BCUT2D eigenvalue weighted by atomic mass is 9.93. The molecule has 84 valence electrons. The van der Waals surface area contributed by atoms with Gasteiger partial charge in [0, 0.05) is 13.1 Å². The molecule has 0 N–H and O–H groups in total. The molecule has 1 aliphatic rings. The topological polar surface area (TPSA) is 44.1 Å². The van der Waals surface area contributed by atoms with E-state index in [1.807, 2.05) is 18.7 Å². The first-order valence-corrected chi connectivity index (χ1v) is 5.56. The van der Waals surface area contributed by atoms with Gasteiger partial charge in [0.1, 0.15) is 5.92 Å². The molecule has 1 unspecified atom stereocenters. The summed E-state index contributed by atoms with van der Waals surface area (Å²) in [7, 11) is 0. The molecule has 1 atom stereocenters. The van der Waals surface area contributed by atoms with Gasteiger partial charge in [-0.3, -0.25) is 4.79 Å². The summed E-state index contributed by atoms with van der Waals surface area (Å²) in [6, 6.07) is 2.11. The Morgan fingerprint density at radius 2 is 2.07 bits per heavy atom. The summed E-state index contributed by atoms with van der Waals surface area (Å²) in [5.74, 6) is -0.358. The quantitative estimate of drug-likeness (QED) is 0.697. The van der Waals surface area contributed by atoms with Crippen molar-refractivity contribution in [2.24, 2.45) is 17.3 Å². The van der Waals surface area contributed by atoms with E-state index in [0.717, 1.165) is 19.5 Å². The van der Waals surface area contributed by atoms with Crippen LogP contribution in [0.15, 0.2) is 0 Å². The number of amides is 1. The summed E-state index contributed by atoms with van der Waals surface area (Å²) in [5.41, 5.74) is 0.215. The van der Waals surface area contributed by atoms with Crippen LogP contribution >= 0.6 is 0 Å². The molecule has 1 fully saturated rings. The normalized spacial score (nSPS) is 21.5. The Balaban J connectivity index is 2.67. The summed E-state index contributed by atoms with van der Waals surface area (Å²) in [4.78, 5) is 13.9. The van der Waals surface area contributed by atoms with E-state index in [2.05, 4.69) is 19.9 Å². The molecule has 0 spiro atoms. The Kier molecular flexibility index (Phi) is 3.38. The molecule has 0 radical (unpaired) electrons. The maximum atomic E-state index is 12.0. The lowest BCUT2D eigenvalue weighted by Gasteiger charge is -2.23. The largest absolute Gasteiger partial charge is 0.341 e. The van der Waals surface area contributed by atoms with Crippen molar-refractivity contribution in [2.45, 2.75) is 34.1 Å². The molecule has 1 heterocycles. The van der Waals surface area contributed by atoms with E-state index in [1.54, 1.807) is 0 Å². The minimum Gasteiger partial charge on any atom is -0.341 e. The van der Waals surface area contributed by atoms with Crippen molar-refractivity contribution >= 4 is 5.91 Å². The van der Waals surface area contributed by atoms with Crippen LogP contribution < -0.4 is 0 Å². The first-order chi connectivity index (χ1) is 6.87. The van der Waals surface area contributed by atoms with E-state index in [-0.39, 0.29) is 17.2 Å². The third-order valence-corrected chi connectivity index (χ3v) is 3.06. The molecule has 1 aliphatic heterocycles. The van der Waals surface area contributed by atoms with Gasteiger partial charge in [-0.1, -0.05) is 27.7 Å². The average Bonchev–Trinajstić information content (AvgIpc) is 2.46. The van der Waals surface area contributed by atoms with Gasteiger partial charge in [-0.2, -0.15) is 5.26 Å². The molecule has 0 bridgehead atoms. The predicted molar refractivity (Wildman–Crippen MR) is 58.9 cm³/mol. The first-order valence-electron chi connectivity index (χ1n) is 5.56. The monoisotopic (exact) mass is 208 g/mol. The van der Waals surface area contributed by atoms with Crippen molar-refractivity contribution in [2.75, 3.05) is 13.1 Å². The van der Waals surface area contributed by atoms with Gasteiger partial charge in [0.05, 0.1) is 6.07 Å². The van der Waals surface area contributed by atoms with Crippen LogP contribution in [-0.4, -0.2) is 23.9 Å². The minimum atomic E-state index is -0.473. The molecule has 0 aromatic rings. The highest BCUT2D eigenvalue weighted by molar-refractivity contribution is 5.81. The van der Waals surface area contributed by atoms with Crippen LogP contribution in [0.2, 0.25) is 0 Å². The molecule has 1 saturated heterocycles. The number of hydrogen-bond donors (Lipinski definition) is 0. The van der Waals surface area contributed by atoms with Crippen molar-refractivity contribution in [1.82, 2.24) is 4.90 Å². The SMILES string of the molecule is CC(C)C(C#N)C(=O)N1CCC(C)(C)C1. The average molecular weight is 208 g/mol. The van der Waals surface area contributed by atoms with Crippen LogP contribution in [0.4, 0.5) is 0 Å². The fourth-order valence-corrected chi connectivity index (χ4v) is 1.99. The lowest BCUT2D eigenvalue weighted by molar-refractivity contribution is -0.134. The van der Waals surface area contributed by atoms with Crippen LogP contribution in [-0.2, 0) is 4.79 Å². The molecule has 0 aromatic heterocycles. The Morgan fingerprint density at radius 3 is 2.40 bits per heavy atom. The zero-order valence-corrected chi connectivity index (χ0v) is 10.1. The Morgan fingerprint density at radius 1 is 1.47 bits per heavy atom. The van der Waals surface area contributed by atoms with Crippen molar-refractivity contribution in [3.05, 3.63) is 0 Å². The van der Waals surface area contributed by atoms with Crippen LogP contribution in [0.25, 0.3) is 0 Å². The van der Waals surface area contributed by atoms with Crippen molar-refractivity contribution in [3.8, 4) is 6.07 Å². The Hall–Kier alpha value is -1.04. The second kappa shape index (κ2) is 4.22. The number of rotatable bonds is 2. The van der Waals surface area contributed by atoms with E-state index < -0.39 is 5.92 Å². The van der Waals surface area contributed by atoms with E-state index in [4.69, 9.17) is 5.26 Å². The minimum absolute atomic E-state index is 0.0121. The summed E-state index contributed by atoms with van der Waals surface area (Å²) in [6.07, 6.45) is 1.04. The third kappa shape index (κ3) is 2.71. The summed E-state index contributed by atoms with van der Waals surface area (Å²) < 4.78 is 0. The molecule has 1 amide bonds. The Bertz CT molecular complexity index is 288. The van der Waals surface area contributed by atoms with Gasteiger partial charge < -0.3 is 4.90 Å². The van der Waals surface area contributed by atoms with Gasteiger partial charge in [0.15, 0.2) is 0 Å². The number of nitriles is 1. The number of hydrogen-bond acceptors (Lipinski definition) is 2. The molecule has 3 nitrogen and oxygen atoms in total. The molecule has 1 rings (SSSR count). The van der Waals surface area contributed by atoms with Gasteiger partial charge in [0.25, 0.3) is 0 Å². The lowest BCUT2D eigenvalue weighted by Crippen LogP contribution is -2.36. The summed E-state index contributed by atoms with van der Waals surface area (Å²) in [6.45, 7) is 9.77. The second-order valence-electron chi connectivity index (χ2n) is 5.52. The van der Waals surface area contributed by atoms with Crippen molar-refractivity contribution in [3.63, 3.8) is 0 Å². The van der Waals surface area contributed by atoms with E-state index in [9.17, 15) is 4.79 Å². The number of nitrogens with zero attached hydrogens (tertiary/aromatic N) is 2. The van der Waals surface area contributed by atoms with Crippen molar-refractivity contribution < 1.29 is 4.79 Å². The van der Waals surface area contributed by atoms with Gasteiger partial charge >= 0.3 is 0 Å². The summed E-state index contributed by atoms with van der Waals surface area (Å²) in [5, 5.41) is 8.96. The highest BCUT2D eigenvalue weighted by atomic mass is 16.2. The zero-order valence-electron chi connectivity index (χ0n) is 10.1. The molecular formula is C12H20N2O. The van der Waals surface area contributed by atoms with Gasteiger partial charge in [-0.05, 0) is 17.8 Å². The smallest absolute Gasteiger partial charge is 0.240 e. The fraction of sp³-hybridized carbons (Fsp3) is 0.833. The first kappa shape index (κ1) is 12.0. The van der Waals surface area contributed by atoms with Crippen LogP contribution in [0, 0.1) is 28.6 Å². The van der Waals surface area contributed by atoms with E-state index in [1.165, 1.54) is 0 Å². The third-order valence-electron chi connectivity index (χ3n) is 3.06. The molecule has 15 heavy (non-hydrogen) atoms. The second-order valence-corrected chi connectivity index (χ2v) is 5.52. The maximum absolute atomic E-state index is 12.0. The molecule has 0 aromatic carbocycles. The van der Waals surface area contributed by atoms with Gasteiger partial charge in [-0.15, -0.1) is 0 Å². The molecular weight excluding hydrogens is 188 g/mol. The molecule has 3 heteroatoms. The van der Waals surface area contributed by atoms with Crippen LogP contribution in [0.5, 0.6) is 0 Å². The van der Waals surface area contributed by atoms with Crippen molar-refractivity contribution in [1.29, 1.82) is 5.26 Å². The van der Waals surface area contributed by atoms with Crippen LogP contribution in [0.1, 0.15) is 34.1 Å². The zero-order chi connectivity index (χ0) is 11.6. The van der Waals surface area contributed by atoms with E-state index >= 15 is 0 Å². The standard InChI is InChI=1S/C12H20N2O/c1-9(2)10(7-13)11(15)14-6-5-12(3,4)8-14/h9-10H,5-6,8H2,1-4H3. The highest BCUT2D eigenvalue weighted by Crippen LogP contribution is 2.30. The Labute approximate surface area is 92.1 Å². The number of carbonyl (C=O) groups excluding carboxylic acids is 1. The van der Waals surface area contributed by atoms with Crippen LogP contribution in [0.3, 0.4) is 0 Å². The van der Waals surface area contributed by atoms with Gasteiger partial charge in [-0.25, -0.2) is 0 Å². The molecule has 0 aliphatic carbocycles. The maximum Gasteiger partial charge on any atom is 0.240 e. The fourth-order valence-electron chi connectivity index (χ4n) is 1.99. The molecule has 0 saturated carbocycles. The highest BCUT2D eigenvalue weighted by Gasteiger charge is 2.35. The van der Waals surface area contributed by atoms with Gasteiger partial charge in [0.2, 0.25) is 5.91 Å². The summed E-state index contributed by atoms with van der Waals surface area (Å²) >= 11 is 0.